The standard InChI is InChI=1S/C15H19FN2S/c1-2-17-9-13(8-15-10-18-11-19-15)7-12-3-5-14(16)6-4-12/h3-6,10-11,13,17H,2,7-9H2,1H3. The number of benzene rings is 1. The Kier molecular flexibility index (Phi) is 5.48. The highest BCUT2D eigenvalue weighted by molar-refractivity contribution is 7.09. The number of thiazole rings is 1. The molecule has 0 saturated carbocycles. The minimum Gasteiger partial charge on any atom is -0.317 e. The zero-order valence-electron chi connectivity index (χ0n) is 11.1. The fourth-order valence-corrected chi connectivity index (χ4v) is 2.86. The highest BCUT2D eigenvalue weighted by atomic mass is 32.1. The van der Waals surface area contributed by atoms with Crippen molar-refractivity contribution in [2.75, 3.05) is 13.1 Å². The minimum absolute atomic E-state index is 0.172. The van der Waals surface area contributed by atoms with Crippen molar-refractivity contribution in [1.82, 2.24) is 10.3 Å². The molecule has 1 aromatic carbocycles. The van der Waals surface area contributed by atoms with E-state index < -0.39 is 0 Å². The smallest absolute Gasteiger partial charge is 0.123 e. The minimum atomic E-state index is -0.172. The van der Waals surface area contributed by atoms with E-state index in [1.165, 1.54) is 22.6 Å². The molecule has 2 nitrogen and oxygen atoms in total. The van der Waals surface area contributed by atoms with Crippen LogP contribution in [0.2, 0.25) is 0 Å². The molecule has 1 heterocycles. The van der Waals surface area contributed by atoms with Gasteiger partial charge in [0.05, 0.1) is 5.51 Å². The molecule has 0 aliphatic rings. The van der Waals surface area contributed by atoms with Crippen LogP contribution in [0.3, 0.4) is 0 Å². The summed E-state index contributed by atoms with van der Waals surface area (Å²) < 4.78 is 12.9. The summed E-state index contributed by atoms with van der Waals surface area (Å²) in [4.78, 5) is 5.43. The van der Waals surface area contributed by atoms with Crippen LogP contribution in [0.5, 0.6) is 0 Å². The van der Waals surface area contributed by atoms with E-state index in [1.807, 2.05) is 23.8 Å². The first kappa shape index (κ1) is 14.2. The van der Waals surface area contributed by atoms with Crippen molar-refractivity contribution in [2.45, 2.75) is 19.8 Å². The third-order valence-corrected chi connectivity index (χ3v) is 3.90. The molecule has 4 heteroatoms. The van der Waals surface area contributed by atoms with Gasteiger partial charge in [0.2, 0.25) is 0 Å². The van der Waals surface area contributed by atoms with Gasteiger partial charge in [-0.1, -0.05) is 19.1 Å². The summed E-state index contributed by atoms with van der Waals surface area (Å²) in [7, 11) is 0. The van der Waals surface area contributed by atoms with Gasteiger partial charge in [0.15, 0.2) is 0 Å². The summed E-state index contributed by atoms with van der Waals surface area (Å²) in [5, 5.41) is 3.40. The molecule has 0 bridgehead atoms. The van der Waals surface area contributed by atoms with Crippen molar-refractivity contribution in [2.24, 2.45) is 5.92 Å². The van der Waals surface area contributed by atoms with E-state index in [4.69, 9.17) is 0 Å². The Morgan fingerprint density at radius 2 is 2.05 bits per heavy atom. The molecular weight excluding hydrogens is 259 g/mol. The van der Waals surface area contributed by atoms with Gasteiger partial charge in [0.25, 0.3) is 0 Å². The lowest BCUT2D eigenvalue weighted by Crippen LogP contribution is -2.25. The topological polar surface area (TPSA) is 24.9 Å². The Bertz CT molecular complexity index is 467. The molecule has 2 aromatic rings. The van der Waals surface area contributed by atoms with E-state index >= 15 is 0 Å². The fraction of sp³-hybridized carbons (Fsp3) is 0.400. The quantitative estimate of drug-likeness (QED) is 0.840. The Morgan fingerprint density at radius 1 is 1.26 bits per heavy atom. The number of nitrogens with one attached hydrogen (secondary N) is 1. The van der Waals surface area contributed by atoms with Crippen LogP contribution in [0, 0.1) is 11.7 Å². The van der Waals surface area contributed by atoms with Gasteiger partial charge in [-0.15, -0.1) is 11.3 Å². The van der Waals surface area contributed by atoms with Crippen LogP contribution in [0.1, 0.15) is 17.4 Å². The predicted molar refractivity (Wildman–Crippen MR) is 78.0 cm³/mol. The van der Waals surface area contributed by atoms with Crippen molar-refractivity contribution in [3.63, 3.8) is 0 Å². The first-order chi connectivity index (χ1) is 9.28. The maximum Gasteiger partial charge on any atom is 0.123 e. The van der Waals surface area contributed by atoms with Crippen LogP contribution in [-0.4, -0.2) is 18.1 Å². The number of hydrogen-bond acceptors (Lipinski definition) is 3. The maximum atomic E-state index is 12.9. The molecule has 19 heavy (non-hydrogen) atoms. The Labute approximate surface area is 117 Å². The summed E-state index contributed by atoms with van der Waals surface area (Å²) in [6.45, 7) is 4.07. The number of rotatable bonds is 7. The zero-order valence-corrected chi connectivity index (χ0v) is 11.9. The molecule has 102 valence electrons. The Morgan fingerprint density at radius 3 is 2.68 bits per heavy atom. The second kappa shape index (κ2) is 7.36. The summed E-state index contributed by atoms with van der Waals surface area (Å²) in [6.07, 6.45) is 3.93. The van der Waals surface area contributed by atoms with E-state index in [2.05, 4.69) is 17.2 Å². The first-order valence-corrected chi connectivity index (χ1v) is 7.48. The molecule has 0 radical (unpaired) electrons. The molecule has 0 aliphatic heterocycles. The average molecular weight is 278 g/mol. The van der Waals surface area contributed by atoms with Crippen LogP contribution in [0.4, 0.5) is 4.39 Å². The molecule has 0 saturated heterocycles. The van der Waals surface area contributed by atoms with Crippen LogP contribution in [-0.2, 0) is 12.8 Å². The van der Waals surface area contributed by atoms with Crippen molar-refractivity contribution < 1.29 is 4.39 Å². The third kappa shape index (κ3) is 4.73. The Balaban J connectivity index is 1.98. The molecular formula is C15H19FN2S. The summed E-state index contributed by atoms with van der Waals surface area (Å²) in [6, 6.07) is 6.82. The molecule has 1 atom stereocenters. The van der Waals surface area contributed by atoms with Crippen molar-refractivity contribution >= 4 is 11.3 Å². The number of nitrogens with zero attached hydrogens (tertiary/aromatic N) is 1. The van der Waals surface area contributed by atoms with Gasteiger partial charge >= 0.3 is 0 Å². The normalized spacial score (nSPS) is 12.5. The van der Waals surface area contributed by atoms with E-state index in [0.29, 0.717) is 5.92 Å². The lowest BCUT2D eigenvalue weighted by Gasteiger charge is -2.16. The second-order valence-electron chi connectivity index (χ2n) is 4.68. The van der Waals surface area contributed by atoms with Gasteiger partial charge in [-0.2, -0.15) is 0 Å². The molecule has 0 spiro atoms. The first-order valence-electron chi connectivity index (χ1n) is 6.60. The number of hydrogen-bond donors (Lipinski definition) is 1. The van der Waals surface area contributed by atoms with Gasteiger partial charge in [0, 0.05) is 11.1 Å². The lowest BCUT2D eigenvalue weighted by atomic mass is 9.95. The van der Waals surface area contributed by atoms with Crippen molar-refractivity contribution in [3.05, 3.63) is 52.2 Å². The predicted octanol–water partition coefficient (Wildman–Crippen LogP) is 3.29. The number of aromatic nitrogens is 1. The molecule has 0 aliphatic carbocycles. The van der Waals surface area contributed by atoms with Crippen LogP contribution >= 0.6 is 11.3 Å². The van der Waals surface area contributed by atoms with Crippen LogP contribution < -0.4 is 5.32 Å². The molecule has 1 aromatic heterocycles. The Hall–Kier alpha value is -1.26. The summed E-state index contributed by atoms with van der Waals surface area (Å²) in [5.74, 6) is 0.348. The van der Waals surface area contributed by atoms with Crippen LogP contribution in [0.25, 0.3) is 0 Å². The maximum absolute atomic E-state index is 12.9. The fourth-order valence-electron chi connectivity index (χ4n) is 2.15. The highest BCUT2D eigenvalue weighted by Crippen LogP contribution is 2.17. The van der Waals surface area contributed by atoms with Gasteiger partial charge < -0.3 is 5.32 Å². The molecule has 1 N–H and O–H groups in total. The van der Waals surface area contributed by atoms with E-state index in [9.17, 15) is 4.39 Å². The van der Waals surface area contributed by atoms with E-state index in [-0.39, 0.29) is 5.82 Å². The highest BCUT2D eigenvalue weighted by Gasteiger charge is 2.11. The molecule has 2 rings (SSSR count). The van der Waals surface area contributed by atoms with Crippen molar-refractivity contribution in [3.8, 4) is 0 Å². The lowest BCUT2D eigenvalue weighted by molar-refractivity contribution is 0.480. The van der Waals surface area contributed by atoms with Crippen molar-refractivity contribution in [1.29, 1.82) is 0 Å². The SMILES string of the molecule is CCNCC(Cc1ccc(F)cc1)Cc1cncs1. The average Bonchev–Trinajstić information content (AvgIpc) is 2.91. The summed E-state index contributed by atoms with van der Waals surface area (Å²) in [5.41, 5.74) is 3.06. The number of halogens is 1. The summed E-state index contributed by atoms with van der Waals surface area (Å²) >= 11 is 1.70. The zero-order chi connectivity index (χ0) is 13.5. The molecule has 0 fully saturated rings. The monoisotopic (exact) mass is 278 g/mol. The van der Waals surface area contributed by atoms with Gasteiger partial charge in [0.1, 0.15) is 5.82 Å². The molecule has 0 amide bonds. The van der Waals surface area contributed by atoms with E-state index in [0.717, 1.165) is 25.9 Å². The van der Waals surface area contributed by atoms with Gasteiger partial charge in [-0.3, -0.25) is 4.98 Å². The van der Waals surface area contributed by atoms with Crippen LogP contribution in [0.15, 0.2) is 36.0 Å². The largest absolute Gasteiger partial charge is 0.317 e. The van der Waals surface area contributed by atoms with Gasteiger partial charge in [-0.25, -0.2) is 4.39 Å². The van der Waals surface area contributed by atoms with E-state index in [1.54, 1.807) is 11.3 Å². The van der Waals surface area contributed by atoms with Gasteiger partial charge in [-0.05, 0) is 49.5 Å². The molecule has 1 unspecified atom stereocenters. The third-order valence-electron chi connectivity index (χ3n) is 3.09. The second-order valence-corrected chi connectivity index (χ2v) is 5.65.